The lowest BCUT2D eigenvalue weighted by Gasteiger charge is -2.34. The molecule has 132 valence electrons. The lowest BCUT2D eigenvalue weighted by molar-refractivity contribution is -0.134. The molecule has 1 aliphatic heterocycles. The zero-order valence-corrected chi connectivity index (χ0v) is 15.6. The van der Waals surface area contributed by atoms with Crippen LogP contribution in [0.5, 0.6) is 5.75 Å². The Bertz CT molecular complexity index is 739. The van der Waals surface area contributed by atoms with E-state index in [0.29, 0.717) is 42.0 Å². The van der Waals surface area contributed by atoms with Crippen molar-refractivity contribution >= 4 is 46.4 Å². The molecule has 0 radical (unpaired) electrons. The summed E-state index contributed by atoms with van der Waals surface area (Å²) in [6.07, 6.45) is 0. The Morgan fingerprint density at radius 3 is 2.24 bits per heavy atom. The van der Waals surface area contributed by atoms with Gasteiger partial charge in [0.15, 0.2) is 12.4 Å². The Balaban J connectivity index is 1.51. The number of rotatable bonds is 4. The van der Waals surface area contributed by atoms with Crippen LogP contribution in [-0.2, 0) is 4.79 Å². The fourth-order valence-electron chi connectivity index (χ4n) is 2.56. The first-order valence-electron chi connectivity index (χ1n) is 7.73. The third kappa shape index (κ3) is 4.26. The van der Waals surface area contributed by atoms with E-state index in [9.17, 15) is 9.59 Å². The topological polar surface area (TPSA) is 49.9 Å². The molecular weight excluding hydrogens is 383 g/mol. The Morgan fingerprint density at radius 2 is 1.64 bits per heavy atom. The molecule has 0 bridgehead atoms. The molecule has 0 aliphatic carbocycles. The SMILES string of the molecule is O=C(COc1c(Cl)cccc1Cl)N1CCN(C(=O)c2cccs2)CC1. The molecule has 0 atom stereocenters. The van der Waals surface area contributed by atoms with Gasteiger partial charge in [-0.2, -0.15) is 0 Å². The molecule has 1 aromatic heterocycles. The van der Waals surface area contributed by atoms with Crippen LogP contribution >= 0.6 is 34.5 Å². The van der Waals surface area contributed by atoms with E-state index in [1.54, 1.807) is 28.0 Å². The minimum Gasteiger partial charge on any atom is -0.481 e. The number of thiophene rings is 1. The first kappa shape index (κ1) is 18.0. The number of piperazine rings is 1. The van der Waals surface area contributed by atoms with Crippen LogP contribution in [0.25, 0.3) is 0 Å². The number of nitrogens with zero attached hydrogens (tertiary/aromatic N) is 2. The highest BCUT2D eigenvalue weighted by molar-refractivity contribution is 7.12. The predicted molar refractivity (Wildman–Crippen MR) is 98.8 cm³/mol. The standard InChI is InChI=1S/C17H16Cl2N2O3S/c18-12-3-1-4-13(19)16(12)24-11-15(22)20-6-8-21(9-7-20)17(23)14-5-2-10-25-14/h1-5,10H,6-9,11H2. The van der Waals surface area contributed by atoms with E-state index >= 15 is 0 Å². The lowest BCUT2D eigenvalue weighted by Crippen LogP contribution is -2.51. The molecule has 8 heteroatoms. The van der Waals surface area contributed by atoms with Crippen molar-refractivity contribution in [1.82, 2.24) is 9.80 Å². The normalized spacial score (nSPS) is 14.5. The molecular formula is C17H16Cl2N2O3S. The summed E-state index contributed by atoms with van der Waals surface area (Å²) in [6, 6.07) is 8.69. The highest BCUT2D eigenvalue weighted by atomic mass is 35.5. The van der Waals surface area contributed by atoms with Crippen molar-refractivity contribution in [3.63, 3.8) is 0 Å². The molecule has 2 aromatic rings. The lowest BCUT2D eigenvalue weighted by atomic mass is 10.3. The van der Waals surface area contributed by atoms with Crippen molar-refractivity contribution in [1.29, 1.82) is 0 Å². The molecule has 0 saturated carbocycles. The second kappa shape index (κ2) is 8.08. The second-order valence-corrected chi connectivity index (χ2v) is 7.25. The largest absolute Gasteiger partial charge is 0.481 e. The molecule has 0 unspecified atom stereocenters. The number of carbonyl (C=O) groups excluding carboxylic acids is 2. The molecule has 2 amide bonds. The molecule has 1 saturated heterocycles. The Labute approximate surface area is 159 Å². The van der Waals surface area contributed by atoms with Crippen LogP contribution in [0.4, 0.5) is 0 Å². The Morgan fingerprint density at radius 1 is 1.00 bits per heavy atom. The molecule has 5 nitrogen and oxygen atoms in total. The molecule has 1 aliphatic rings. The van der Waals surface area contributed by atoms with Crippen LogP contribution in [-0.4, -0.2) is 54.4 Å². The molecule has 1 aromatic carbocycles. The quantitative estimate of drug-likeness (QED) is 0.792. The van der Waals surface area contributed by atoms with E-state index in [1.807, 2.05) is 17.5 Å². The van der Waals surface area contributed by atoms with Gasteiger partial charge in [0.05, 0.1) is 14.9 Å². The minimum absolute atomic E-state index is 0.0150. The van der Waals surface area contributed by atoms with Crippen LogP contribution in [0.2, 0.25) is 10.0 Å². The van der Waals surface area contributed by atoms with Crippen molar-refractivity contribution < 1.29 is 14.3 Å². The van der Waals surface area contributed by atoms with Gasteiger partial charge in [0, 0.05) is 26.2 Å². The Kier molecular flexibility index (Phi) is 5.83. The maximum atomic E-state index is 12.3. The first-order valence-corrected chi connectivity index (χ1v) is 9.37. The third-order valence-electron chi connectivity index (χ3n) is 3.91. The maximum Gasteiger partial charge on any atom is 0.264 e. The summed E-state index contributed by atoms with van der Waals surface area (Å²) in [6.45, 7) is 1.85. The van der Waals surface area contributed by atoms with E-state index in [1.165, 1.54) is 11.3 Å². The summed E-state index contributed by atoms with van der Waals surface area (Å²) in [5.74, 6) is 0.172. The average Bonchev–Trinajstić information content (AvgIpc) is 3.15. The number of para-hydroxylation sites is 1. The van der Waals surface area contributed by atoms with Crippen molar-refractivity contribution in [2.24, 2.45) is 0 Å². The van der Waals surface area contributed by atoms with Gasteiger partial charge in [-0.1, -0.05) is 35.3 Å². The summed E-state index contributed by atoms with van der Waals surface area (Å²) < 4.78 is 5.48. The highest BCUT2D eigenvalue weighted by Gasteiger charge is 2.25. The number of amides is 2. The number of benzene rings is 1. The first-order chi connectivity index (χ1) is 12.1. The van der Waals surface area contributed by atoms with Crippen molar-refractivity contribution in [3.05, 3.63) is 50.6 Å². The fraction of sp³-hybridized carbons (Fsp3) is 0.294. The van der Waals surface area contributed by atoms with E-state index in [2.05, 4.69) is 0 Å². The van der Waals surface area contributed by atoms with E-state index < -0.39 is 0 Å². The van der Waals surface area contributed by atoms with Gasteiger partial charge in [0.2, 0.25) is 0 Å². The van der Waals surface area contributed by atoms with E-state index in [4.69, 9.17) is 27.9 Å². The molecule has 25 heavy (non-hydrogen) atoms. The van der Waals surface area contributed by atoms with Crippen molar-refractivity contribution in [2.45, 2.75) is 0 Å². The summed E-state index contributed by atoms with van der Waals surface area (Å²) >= 11 is 13.5. The molecule has 0 N–H and O–H groups in total. The van der Waals surface area contributed by atoms with Crippen LogP contribution in [0, 0.1) is 0 Å². The number of hydrogen-bond acceptors (Lipinski definition) is 4. The van der Waals surface area contributed by atoms with Crippen LogP contribution in [0.3, 0.4) is 0 Å². The zero-order valence-electron chi connectivity index (χ0n) is 13.3. The van der Waals surface area contributed by atoms with Gasteiger partial charge in [-0.05, 0) is 23.6 Å². The fourth-order valence-corrected chi connectivity index (χ4v) is 3.76. The number of halogens is 2. The van der Waals surface area contributed by atoms with E-state index in [-0.39, 0.29) is 18.4 Å². The summed E-state index contributed by atoms with van der Waals surface area (Å²) in [5.41, 5.74) is 0. The van der Waals surface area contributed by atoms with Crippen LogP contribution < -0.4 is 4.74 Å². The third-order valence-corrected chi connectivity index (χ3v) is 5.36. The van der Waals surface area contributed by atoms with Crippen molar-refractivity contribution in [3.8, 4) is 5.75 Å². The smallest absolute Gasteiger partial charge is 0.264 e. The highest BCUT2D eigenvalue weighted by Crippen LogP contribution is 2.32. The number of hydrogen-bond donors (Lipinski definition) is 0. The van der Waals surface area contributed by atoms with E-state index in [0.717, 1.165) is 4.88 Å². The average molecular weight is 399 g/mol. The summed E-state index contributed by atoms with van der Waals surface area (Å²) in [7, 11) is 0. The molecule has 1 fully saturated rings. The van der Waals surface area contributed by atoms with Crippen LogP contribution in [0.15, 0.2) is 35.7 Å². The van der Waals surface area contributed by atoms with Gasteiger partial charge < -0.3 is 14.5 Å². The molecule has 3 rings (SSSR count). The zero-order chi connectivity index (χ0) is 17.8. The summed E-state index contributed by atoms with van der Waals surface area (Å²) in [5, 5.41) is 2.61. The van der Waals surface area contributed by atoms with Gasteiger partial charge in [0.25, 0.3) is 11.8 Å². The Hall–Kier alpha value is -1.76. The van der Waals surface area contributed by atoms with Gasteiger partial charge in [-0.25, -0.2) is 0 Å². The molecule has 2 heterocycles. The maximum absolute atomic E-state index is 12.3. The monoisotopic (exact) mass is 398 g/mol. The van der Waals surface area contributed by atoms with Crippen LogP contribution in [0.1, 0.15) is 9.67 Å². The van der Waals surface area contributed by atoms with Gasteiger partial charge in [-0.15, -0.1) is 11.3 Å². The number of ether oxygens (including phenoxy) is 1. The minimum atomic E-state index is -0.154. The predicted octanol–water partition coefficient (Wildman–Crippen LogP) is 3.42. The summed E-state index contributed by atoms with van der Waals surface area (Å²) in [4.78, 5) is 28.8. The molecule has 0 spiro atoms. The van der Waals surface area contributed by atoms with Gasteiger partial charge in [0.1, 0.15) is 0 Å². The number of carbonyl (C=O) groups is 2. The second-order valence-electron chi connectivity index (χ2n) is 5.49. The van der Waals surface area contributed by atoms with Crippen molar-refractivity contribution in [2.75, 3.05) is 32.8 Å². The van der Waals surface area contributed by atoms with Gasteiger partial charge in [-0.3, -0.25) is 9.59 Å². The van der Waals surface area contributed by atoms with Gasteiger partial charge >= 0.3 is 0 Å².